The highest BCUT2D eigenvalue weighted by molar-refractivity contribution is 5.78. The van der Waals surface area contributed by atoms with Gasteiger partial charge in [-0.05, 0) is 30.8 Å². The van der Waals surface area contributed by atoms with Gasteiger partial charge in [0.1, 0.15) is 11.5 Å². The summed E-state index contributed by atoms with van der Waals surface area (Å²) in [5, 5.41) is 3.04. The maximum Gasteiger partial charge on any atom is 0.237 e. The van der Waals surface area contributed by atoms with E-state index in [2.05, 4.69) is 5.32 Å². The minimum Gasteiger partial charge on any atom is -0.467 e. The van der Waals surface area contributed by atoms with Crippen molar-refractivity contribution in [2.45, 2.75) is 20.0 Å². The standard InChI is InChI=1S/C14H18N2O3/c1-2-15-9-14(17)16(10-12-5-3-7-18-12)11-13-6-4-8-19-13/h3-8,15H,2,9-11H2,1H3. The summed E-state index contributed by atoms with van der Waals surface area (Å²) in [6, 6.07) is 7.34. The quantitative estimate of drug-likeness (QED) is 0.829. The molecule has 0 aromatic carbocycles. The molecule has 0 aliphatic carbocycles. The summed E-state index contributed by atoms with van der Waals surface area (Å²) in [7, 11) is 0. The van der Waals surface area contributed by atoms with Gasteiger partial charge in [0.15, 0.2) is 0 Å². The normalized spacial score (nSPS) is 10.6. The molecular formula is C14H18N2O3. The van der Waals surface area contributed by atoms with Gasteiger partial charge in [-0.2, -0.15) is 0 Å². The summed E-state index contributed by atoms with van der Waals surface area (Å²) in [6.07, 6.45) is 3.21. The van der Waals surface area contributed by atoms with E-state index in [1.165, 1.54) is 0 Å². The molecule has 2 heterocycles. The Morgan fingerprint density at radius 3 is 2.16 bits per heavy atom. The summed E-state index contributed by atoms with van der Waals surface area (Å²) in [5.41, 5.74) is 0. The third-order valence-electron chi connectivity index (χ3n) is 2.73. The first-order valence-corrected chi connectivity index (χ1v) is 6.33. The smallest absolute Gasteiger partial charge is 0.237 e. The first kappa shape index (κ1) is 13.4. The highest BCUT2D eigenvalue weighted by Crippen LogP contribution is 2.11. The lowest BCUT2D eigenvalue weighted by atomic mass is 10.3. The molecular weight excluding hydrogens is 244 g/mol. The van der Waals surface area contributed by atoms with Crippen LogP contribution >= 0.6 is 0 Å². The summed E-state index contributed by atoms with van der Waals surface area (Å²) >= 11 is 0. The Bertz CT molecular complexity index is 441. The summed E-state index contributed by atoms with van der Waals surface area (Å²) in [4.78, 5) is 13.8. The Labute approximate surface area is 112 Å². The molecule has 5 heteroatoms. The number of carbonyl (C=O) groups is 1. The highest BCUT2D eigenvalue weighted by Gasteiger charge is 2.16. The molecule has 0 radical (unpaired) electrons. The molecule has 102 valence electrons. The minimum absolute atomic E-state index is 0.0228. The maximum absolute atomic E-state index is 12.1. The molecule has 0 saturated carbocycles. The molecule has 5 nitrogen and oxygen atoms in total. The number of nitrogens with zero attached hydrogens (tertiary/aromatic N) is 1. The maximum atomic E-state index is 12.1. The zero-order valence-corrected chi connectivity index (χ0v) is 11.0. The molecule has 1 N–H and O–H groups in total. The third kappa shape index (κ3) is 3.99. The van der Waals surface area contributed by atoms with Gasteiger partial charge in [-0.3, -0.25) is 4.79 Å². The summed E-state index contributed by atoms with van der Waals surface area (Å²) in [6.45, 7) is 3.94. The number of hydrogen-bond acceptors (Lipinski definition) is 4. The molecule has 0 aliphatic heterocycles. The first-order chi connectivity index (χ1) is 9.29. The fraction of sp³-hybridized carbons (Fsp3) is 0.357. The number of hydrogen-bond donors (Lipinski definition) is 1. The summed E-state index contributed by atoms with van der Waals surface area (Å²) in [5.74, 6) is 1.54. The molecule has 0 fully saturated rings. The molecule has 0 bridgehead atoms. The van der Waals surface area contributed by atoms with Crippen LogP contribution in [-0.2, 0) is 17.9 Å². The van der Waals surface area contributed by atoms with E-state index in [9.17, 15) is 4.79 Å². The van der Waals surface area contributed by atoms with Crippen molar-refractivity contribution in [3.05, 3.63) is 48.3 Å². The van der Waals surface area contributed by atoms with Crippen molar-refractivity contribution in [3.63, 3.8) is 0 Å². The second-order valence-electron chi connectivity index (χ2n) is 4.19. The second-order valence-corrected chi connectivity index (χ2v) is 4.19. The van der Waals surface area contributed by atoms with Crippen LogP contribution in [-0.4, -0.2) is 23.9 Å². The monoisotopic (exact) mass is 262 g/mol. The first-order valence-electron chi connectivity index (χ1n) is 6.33. The SMILES string of the molecule is CCNCC(=O)N(Cc1ccco1)Cc1ccco1. The molecule has 0 unspecified atom stereocenters. The minimum atomic E-state index is 0.0228. The second kappa shape index (κ2) is 6.80. The lowest BCUT2D eigenvalue weighted by molar-refractivity contribution is -0.132. The van der Waals surface area contributed by atoms with Gasteiger partial charge in [-0.15, -0.1) is 0 Å². The Morgan fingerprint density at radius 1 is 1.16 bits per heavy atom. The van der Waals surface area contributed by atoms with Crippen LogP contribution in [0.3, 0.4) is 0 Å². The van der Waals surface area contributed by atoms with Gasteiger partial charge in [-0.1, -0.05) is 6.92 Å². The van der Waals surface area contributed by atoms with Crippen LogP contribution in [0.1, 0.15) is 18.4 Å². The zero-order valence-electron chi connectivity index (χ0n) is 11.0. The number of furan rings is 2. The van der Waals surface area contributed by atoms with Crippen molar-refractivity contribution in [2.24, 2.45) is 0 Å². The van der Waals surface area contributed by atoms with Gasteiger partial charge in [0.25, 0.3) is 0 Å². The van der Waals surface area contributed by atoms with E-state index in [0.29, 0.717) is 19.6 Å². The van der Waals surface area contributed by atoms with Crippen molar-refractivity contribution < 1.29 is 13.6 Å². The van der Waals surface area contributed by atoms with Gasteiger partial charge >= 0.3 is 0 Å². The number of rotatable bonds is 7. The largest absolute Gasteiger partial charge is 0.467 e. The Kier molecular flexibility index (Phi) is 4.80. The Balaban J connectivity index is 2.01. The number of nitrogens with one attached hydrogen (secondary N) is 1. The average Bonchev–Trinajstić information content (AvgIpc) is 3.08. The van der Waals surface area contributed by atoms with Crippen LogP contribution in [0, 0.1) is 0 Å². The predicted molar refractivity (Wildman–Crippen MR) is 70.2 cm³/mol. The lowest BCUT2D eigenvalue weighted by Crippen LogP contribution is -2.37. The van der Waals surface area contributed by atoms with E-state index in [1.807, 2.05) is 31.2 Å². The van der Waals surface area contributed by atoms with E-state index < -0.39 is 0 Å². The summed E-state index contributed by atoms with van der Waals surface area (Å²) < 4.78 is 10.6. The molecule has 2 rings (SSSR count). The van der Waals surface area contributed by atoms with E-state index in [-0.39, 0.29) is 5.91 Å². The van der Waals surface area contributed by atoms with E-state index >= 15 is 0 Å². The zero-order chi connectivity index (χ0) is 13.5. The van der Waals surface area contributed by atoms with Crippen molar-refractivity contribution in [3.8, 4) is 0 Å². The predicted octanol–water partition coefficient (Wildman–Crippen LogP) is 2.01. The highest BCUT2D eigenvalue weighted by atomic mass is 16.3. The number of likely N-dealkylation sites (N-methyl/N-ethyl adjacent to an activating group) is 1. The van der Waals surface area contributed by atoms with Crippen LogP contribution < -0.4 is 5.32 Å². The molecule has 2 aromatic rings. The number of amides is 1. The molecule has 0 aliphatic rings. The fourth-order valence-electron chi connectivity index (χ4n) is 1.76. The van der Waals surface area contributed by atoms with Crippen molar-refractivity contribution in [1.82, 2.24) is 10.2 Å². The average molecular weight is 262 g/mol. The van der Waals surface area contributed by atoms with E-state index in [0.717, 1.165) is 18.1 Å². The van der Waals surface area contributed by atoms with Crippen molar-refractivity contribution in [1.29, 1.82) is 0 Å². The molecule has 1 amide bonds. The topological polar surface area (TPSA) is 58.6 Å². The van der Waals surface area contributed by atoms with Crippen LogP contribution in [0.2, 0.25) is 0 Å². The molecule has 2 aromatic heterocycles. The van der Waals surface area contributed by atoms with Gasteiger partial charge in [0, 0.05) is 0 Å². The molecule has 19 heavy (non-hydrogen) atoms. The van der Waals surface area contributed by atoms with Gasteiger partial charge < -0.3 is 19.1 Å². The van der Waals surface area contributed by atoms with Crippen molar-refractivity contribution in [2.75, 3.05) is 13.1 Å². The third-order valence-corrected chi connectivity index (χ3v) is 2.73. The number of carbonyl (C=O) groups excluding carboxylic acids is 1. The van der Waals surface area contributed by atoms with Crippen LogP contribution in [0.15, 0.2) is 45.6 Å². The Morgan fingerprint density at radius 2 is 1.74 bits per heavy atom. The van der Waals surface area contributed by atoms with Gasteiger partial charge in [0.05, 0.1) is 32.2 Å². The molecule has 0 atom stereocenters. The molecule has 0 saturated heterocycles. The van der Waals surface area contributed by atoms with Gasteiger partial charge in [-0.25, -0.2) is 0 Å². The van der Waals surface area contributed by atoms with Crippen LogP contribution in [0.4, 0.5) is 0 Å². The van der Waals surface area contributed by atoms with E-state index in [4.69, 9.17) is 8.83 Å². The fourth-order valence-corrected chi connectivity index (χ4v) is 1.76. The van der Waals surface area contributed by atoms with E-state index in [1.54, 1.807) is 17.4 Å². The molecule has 0 spiro atoms. The Hall–Kier alpha value is -2.01. The van der Waals surface area contributed by atoms with Gasteiger partial charge in [0.2, 0.25) is 5.91 Å². The van der Waals surface area contributed by atoms with Crippen LogP contribution in [0.5, 0.6) is 0 Å². The lowest BCUT2D eigenvalue weighted by Gasteiger charge is -2.20. The van der Waals surface area contributed by atoms with Crippen LogP contribution in [0.25, 0.3) is 0 Å². The van der Waals surface area contributed by atoms with Crippen molar-refractivity contribution >= 4 is 5.91 Å².